The van der Waals surface area contributed by atoms with Crippen molar-refractivity contribution < 1.29 is 13.2 Å². The first-order valence-corrected chi connectivity index (χ1v) is 11.7. The maximum atomic E-state index is 12.4. The van der Waals surface area contributed by atoms with Crippen molar-refractivity contribution >= 4 is 37.3 Å². The van der Waals surface area contributed by atoms with Gasteiger partial charge in [-0.15, -0.1) is 6.42 Å². The predicted octanol–water partition coefficient (Wildman–Crippen LogP) is 3.63. The highest BCUT2D eigenvalue weighted by Gasteiger charge is 2.15. The first kappa shape index (κ1) is 21.0. The number of carbonyl (C=O) groups is 1. The molecule has 7 heteroatoms. The number of fused-ring (bicyclic) bond motifs is 1. The Labute approximate surface area is 174 Å². The molecule has 0 aliphatic heterocycles. The van der Waals surface area contributed by atoms with E-state index < -0.39 is 9.84 Å². The van der Waals surface area contributed by atoms with Crippen LogP contribution in [0.15, 0.2) is 52.4 Å². The molecule has 5 nitrogen and oxygen atoms in total. The third kappa shape index (κ3) is 4.84. The number of sulfone groups is 1. The van der Waals surface area contributed by atoms with Crippen molar-refractivity contribution in [2.24, 2.45) is 4.99 Å². The molecule has 150 valence electrons. The van der Waals surface area contributed by atoms with Crippen LogP contribution in [-0.4, -0.2) is 24.6 Å². The smallest absolute Gasteiger partial charge is 0.248 e. The molecule has 1 amide bonds. The SMILES string of the molecule is C#CCn1c(=NC(=O)CCCS(=O)(=O)c2ccccc2)sc2c(C)cc(C)cc21. The van der Waals surface area contributed by atoms with Gasteiger partial charge in [-0.2, -0.15) is 4.99 Å². The van der Waals surface area contributed by atoms with E-state index >= 15 is 0 Å². The van der Waals surface area contributed by atoms with Crippen LogP contribution < -0.4 is 4.80 Å². The summed E-state index contributed by atoms with van der Waals surface area (Å²) in [5.74, 6) is 2.18. The highest BCUT2D eigenvalue weighted by molar-refractivity contribution is 7.91. The molecule has 3 aromatic rings. The normalized spacial score (nSPS) is 12.2. The van der Waals surface area contributed by atoms with Crippen molar-refractivity contribution in [1.29, 1.82) is 0 Å². The molecule has 1 aromatic heterocycles. The standard InChI is InChI=1S/C22H22N2O3S2/c1-4-12-24-19-15-16(2)14-17(3)21(19)28-22(24)23-20(25)11-8-13-29(26,27)18-9-6-5-7-10-18/h1,5-7,9-10,14-15H,8,11-13H2,2-3H3. The summed E-state index contributed by atoms with van der Waals surface area (Å²) >= 11 is 1.43. The molecule has 0 saturated heterocycles. The van der Waals surface area contributed by atoms with Crippen molar-refractivity contribution in [2.75, 3.05) is 5.75 Å². The van der Waals surface area contributed by atoms with Gasteiger partial charge in [0.2, 0.25) is 5.91 Å². The molecule has 0 unspecified atom stereocenters. The largest absolute Gasteiger partial charge is 0.305 e. The summed E-state index contributed by atoms with van der Waals surface area (Å²) in [6, 6.07) is 12.4. The maximum Gasteiger partial charge on any atom is 0.248 e. The van der Waals surface area contributed by atoms with Gasteiger partial charge in [-0.25, -0.2) is 8.42 Å². The number of thiazole rings is 1. The average molecular weight is 427 g/mol. The van der Waals surface area contributed by atoms with Gasteiger partial charge in [0.15, 0.2) is 14.6 Å². The second-order valence-corrected chi connectivity index (χ2v) is 9.93. The highest BCUT2D eigenvalue weighted by Crippen LogP contribution is 2.23. The monoisotopic (exact) mass is 426 g/mol. The lowest BCUT2D eigenvalue weighted by Crippen LogP contribution is -2.17. The van der Waals surface area contributed by atoms with Crippen LogP contribution in [0, 0.1) is 26.2 Å². The Morgan fingerprint density at radius 2 is 1.93 bits per heavy atom. The number of hydrogen-bond acceptors (Lipinski definition) is 4. The van der Waals surface area contributed by atoms with Gasteiger partial charge < -0.3 is 4.57 Å². The fourth-order valence-electron chi connectivity index (χ4n) is 3.16. The maximum absolute atomic E-state index is 12.4. The predicted molar refractivity (Wildman–Crippen MR) is 116 cm³/mol. The fraction of sp³-hybridized carbons (Fsp3) is 0.273. The fourth-order valence-corrected chi connectivity index (χ4v) is 5.59. The number of aryl methyl sites for hydroxylation is 2. The van der Waals surface area contributed by atoms with Gasteiger partial charge in [-0.1, -0.05) is 41.5 Å². The zero-order valence-electron chi connectivity index (χ0n) is 16.4. The topological polar surface area (TPSA) is 68.5 Å². The van der Waals surface area contributed by atoms with E-state index in [9.17, 15) is 13.2 Å². The van der Waals surface area contributed by atoms with Gasteiger partial charge >= 0.3 is 0 Å². The van der Waals surface area contributed by atoms with E-state index in [0.717, 1.165) is 21.3 Å². The van der Waals surface area contributed by atoms with Crippen LogP contribution in [0.3, 0.4) is 0 Å². The summed E-state index contributed by atoms with van der Waals surface area (Å²) in [5.41, 5.74) is 3.19. The Morgan fingerprint density at radius 3 is 2.62 bits per heavy atom. The molecule has 0 spiro atoms. The van der Waals surface area contributed by atoms with Crippen molar-refractivity contribution in [1.82, 2.24) is 4.57 Å². The molecular weight excluding hydrogens is 404 g/mol. The number of aromatic nitrogens is 1. The van der Waals surface area contributed by atoms with E-state index in [0.29, 0.717) is 11.3 Å². The van der Waals surface area contributed by atoms with Gasteiger partial charge in [0.25, 0.3) is 0 Å². The number of benzene rings is 2. The van der Waals surface area contributed by atoms with Gasteiger partial charge in [-0.05, 0) is 49.6 Å². The lowest BCUT2D eigenvalue weighted by Gasteiger charge is -2.03. The molecule has 0 radical (unpaired) electrons. The minimum absolute atomic E-state index is 0.0639. The van der Waals surface area contributed by atoms with Crippen LogP contribution in [0.25, 0.3) is 10.2 Å². The molecule has 0 atom stereocenters. The number of nitrogens with zero attached hydrogens (tertiary/aromatic N) is 2. The molecule has 29 heavy (non-hydrogen) atoms. The summed E-state index contributed by atoms with van der Waals surface area (Å²) in [5, 5.41) is 0. The molecule has 0 bridgehead atoms. The second-order valence-electron chi connectivity index (χ2n) is 6.85. The lowest BCUT2D eigenvalue weighted by atomic mass is 10.1. The van der Waals surface area contributed by atoms with E-state index in [1.165, 1.54) is 11.3 Å². The highest BCUT2D eigenvalue weighted by atomic mass is 32.2. The zero-order valence-corrected chi connectivity index (χ0v) is 18.0. The van der Waals surface area contributed by atoms with Crippen LogP contribution in [0.5, 0.6) is 0 Å². The van der Waals surface area contributed by atoms with E-state index in [-0.39, 0.29) is 29.4 Å². The Morgan fingerprint density at radius 1 is 1.21 bits per heavy atom. The van der Waals surface area contributed by atoms with Gasteiger partial charge in [-0.3, -0.25) is 4.79 Å². The Kier molecular flexibility index (Phi) is 6.36. The van der Waals surface area contributed by atoms with E-state index in [4.69, 9.17) is 6.42 Å². The lowest BCUT2D eigenvalue weighted by molar-refractivity contribution is -0.118. The molecule has 1 heterocycles. The molecule has 0 saturated carbocycles. The minimum atomic E-state index is -3.40. The molecule has 0 aliphatic rings. The van der Waals surface area contributed by atoms with E-state index in [2.05, 4.69) is 17.0 Å². The van der Waals surface area contributed by atoms with Crippen LogP contribution in [-0.2, 0) is 21.2 Å². The summed E-state index contributed by atoms with van der Waals surface area (Å²) in [6.45, 7) is 4.35. The summed E-state index contributed by atoms with van der Waals surface area (Å²) in [6.07, 6.45) is 5.79. The third-order valence-electron chi connectivity index (χ3n) is 4.49. The number of rotatable bonds is 6. The first-order valence-electron chi connectivity index (χ1n) is 9.21. The van der Waals surface area contributed by atoms with Gasteiger partial charge in [0.1, 0.15) is 0 Å². The Hall–Kier alpha value is -2.69. The average Bonchev–Trinajstić information content (AvgIpc) is 3.00. The van der Waals surface area contributed by atoms with Crippen molar-refractivity contribution in [2.45, 2.75) is 38.1 Å². The molecular formula is C22H22N2O3S2. The molecule has 3 rings (SSSR count). The van der Waals surface area contributed by atoms with Crippen molar-refractivity contribution in [3.05, 3.63) is 58.4 Å². The summed E-state index contributed by atoms with van der Waals surface area (Å²) in [7, 11) is -3.40. The summed E-state index contributed by atoms with van der Waals surface area (Å²) < 4.78 is 27.6. The van der Waals surface area contributed by atoms with Gasteiger partial charge in [0.05, 0.1) is 27.4 Å². The first-order chi connectivity index (χ1) is 13.8. The van der Waals surface area contributed by atoms with Crippen molar-refractivity contribution in [3.63, 3.8) is 0 Å². The molecule has 0 aliphatic carbocycles. The summed E-state index contributed by atoms with van der Waals surface area (Å²) in [4.78, 5) is 17.4. The van der Waals surface area contributed by atoms with Crippen LogP contribution in [0.2, 0.25) is 0 Å². The number of amides is 1. The quantitative estimate of drug-likeness (QED) is 0.565. The number of terminal acetylenes is 1. The van der Waals surface area contributed by atoms with Gasteiger partial charge in [0, 0.05) is 6.42 Å². The van der Waals surface area contributed by atoms with Crippen LogP contribution in [0.1, 0.15) is 24.0 Å². The molecule has 0 N–H and O–H groups in total. The molecule has 0 fully saturated rings. The van der Waals surface area contributed by atoms with Crippen LogP contribution in [0.4, 0.5) is 0 Å². The van der Waals surface area contributed by atoms with E-state index in [1.54, 1.807) is 30.3 Å². The zero-order chi connectivity index (χ0) is 21.0. The number of hydrogen-bond donors (Lipinski definition) is 0. The Bertz CT molecular complexity index is 1260. The second kappa shape index (κ2) is 8.76. The minimum Gasteiger partial charge on any atom is -0.305 e. The van der Waals surface area contributed by atoms with Crippen molar-refractivity contribution in [3.8, 4) is 12.3 Å². The Balaban J connectivity index is 1.80. The third-order valence-corrected chi connectivity index (χ3v) is 7.54. The number of carbonyl (C=O) groups excluding carboxylic acids is 1. The molecule has 2 aromatic carbocycles. The van der Waals surface area contributed by atoms with Crippen LogP contribution >= 0.6 is 11.3 Å². The van der Waals surface area contributed by atoms with E-state index in [1.807, 2.05) is 24.5 Å².